The molecule has 1 aromatic carbocycles. The highest BCUT2D eigenvalue weighted by Gasteiger charge is 2.17. The first-order valence-electron chi connectivity index (χ1n) is 6.91. The lowest BCUT2D eigenvalue weighted by Gasteiger charge is -2.11. The number of nitrogens with one attached hydrogen (secondary N) is 1. The standard InChI is InChI=1S/C15H15N5O5/c1-23-14(21)18-13-11(25-15(22)24-2)8-10(12(16)17-13)20-19-9-6-4-3-5-7-9/h3-8H,1-2H3,(H3,16,17,18,21)/b20-19+. The molecule has 0 aliphatic carbocycles. The predicted octanol–water partition coefficient (Wildman–Crippen LogP) is 3.40. The predicted molar refractivity (Wildman–Crippen MR) is 88.3 cm³/mol. The van der Waals surface area contributed by atoms with Gasteiger partial charge in [-0.1, -0.05) is 18.2 Å². The first-order chi connectivity index (χ1) is 12.0. The third-order valence-electron chi connectivity index (χ3n) is 2.79. The molecule has 0 saturated carbocycles. The molecule has 0 bridgehead atoms. The highest BCUT2D eigenvalue weighted by molar-refractivity contribution is 5.87. The SMILES string of the molecule is COC(=O)Nc1nc(N)c(/N=N/c2ccccc2)cc1OC(=O)OC. The van der Waals surface area contributed by atoms with Gasteiger partial charge in [-0.25, -0.2) is 14.6 Å². The summed E-state index contributed by atoms with van der Waals surface area (Å²) in [5, 5.41) is 10.3. The second-order valence-electron chi connectivity index (χ2n) is 4.45. The number of nitrogens with zero attached hydrogens (tertiary/aromatic N) is 3. The van der Waals surface area contributed by atoms with E-state index in [1.807, 2.05) is 6.07 Å². The average molecular weight is 345 g/mol. The molecule has 10 heteroatoms. The van der Waals surface area contributed by atoms with Crippen molar-refractivity contribution in [3.63, 3.8) is 0 Å². The molecule has 3 N–H and O–H groups in total. The number of methoxy groups -OCH3 is 2. The van der Waals surface area contributed by atoms with Gasteiger partial charge in [0.1, 0.15) is 5.69 Å². The summed E-state index contributed by atoms with van der Waals surface area (Å²) in [6.07, 6.45) is -1.83. The monoisotopic (exact) mass is 345 g/mol. The Morgan fingerprint density at radius 2 is 1.84 bits per heavy atom. The number of azo groups is 1. The Morgan fingerprint density at radius 3 is 2.48 bits per heavy atom. The molecular weight excluding hydrogens is 330 g/mol. The van der Waals surface area contributed by atoms with E-state index in [4.69, 9.17) is 10.5 Å². The molecule has 0 fully saturated rings. The summed E-state index contributed by atoms with van der Waals surface area (Å²) in [6, 6.07) is 10.2. The van der Waals surface area contributed by atoms with Crippen molar-refractivity contribution in [3.05, 3.63) is 36.4 Å². The first kappa shape index (κ1) is 17.7. The Hall–Kier alpha value is -3.69. The number of ether oxygens (including phenoxy) is 3. The van der Waals surface area contributed by atoms with Crippen molar-refractivity contribution in [1.29, 1.82) is 0 Å². The zero-order valence-electron chi connectivity index (χ0n) is 13.4. The van der Waals surface area contributed by atoms with Gasteiger partial charge in [0, 0.05) is 6.07 Å². The second-order valence-corrected chi connectivity index (χ2v) is 4.45. The number of nitrogens with two attached hydrogens (primary N) is 1. The molecule has 25 heavy (non-hydrogen) atoms. The molecule has 0 aliphatic rings. The Morgan fingerprint density at radius 1 is 1.12 bits per heavy atom. The number of nitrogen functional groups attached to an aromatic ring is 1. The topological polar surface area (TPSA) is 137 Å². The summed E-state index contributed by atoms with van der Waals surface area (Å²) in [7, 11) is 2.30. The van der Waals surface area contributed by atoms with Crippen molar-refractivity contribution in [2.75, 3.05) is 25.3 Å². The highest BCUT2D eigenvalue weighted by Crippen LogP contribution is 2.33. The van der Waals surface area contributed by atoms with Crippen molar-refractivity contribution in [2.45, 2.75) is 0 Å². The maximum atomic E-state index is 11.4. The minimum absolute atomic E-state index is 0.0386. The maximum Gasteiger partial charge on any atom is 0.513 e. The molecule has 0 radical (unpaired) electrons. The summed E-state index contributed by atoms with van der Waals surface area (Å²) >= 11 is 0. The van der Waals surface area contributed by atoms with Crippen LogP contribution in [0, 0.1) is 0 Å². The summed E-state index contributed by atoms with van der Waals surface area (Å²) in [5.41, 5.74) is 6.54. The van der Waals surface area contributed by atoms with E-state index in [1.54, 1.807) is 24.3 Å². The normalized spacial score (nSPS) is 10.3. The van der Waals surface area contributed by atoms with Crippen LogP contribution in [0.5, 0.6) is 5.75 Å². The molecule has 0 spiro atoms. The van der Waals surface area contributed by atoms with E-state index < -0.39 is 12.2 Å². The highest BCUT2D eigenvalue weighted by atomic mass is 16.7. The second kappa shape index (κ2) is 8.24. The van der Waals surface area contributed by atoms with E-state index in [0.29, 0.717) is 5.69 Å². The number of hydrogen-bond acceptors (Lipinski definition) is 9. The van der Waals surface area contributed by atoms with Gasteiger partial charge in [-0.05, 0) is 12.1 Å². The number of hydrogen-bond donors (Lipinski definition) is 2. The lowest BCUT2D eigenvalue weighted by atomic mass is 10.3. The molecule has 0 unspecified atom stereocenters. The third kappa shape index (κ3) is 4.89. The number of carbonyl (C=O) groups is 2. The van der Waals surface area contributed by atoms with Crippen LogP contribution in [-0.2, 0) is 9.47 Å². The van der Waals surface area contributed by atoms with E-state index in [2.05, 4.69) is 30.0 Å². The van der Waals surface area contributed by atoms with Gasteiger partial charge in [-0.15, -0.1) is 5.11 Å². The zero-order chi connectivity index (χ0) is 18.2. The number of aromatic nitrogens is 1. The number of amides is 1. The van der Waals surface area contributed by atoms with Crippen LogP contribution in [0.2, 0.25) is 0 Å². The van der Waals surface area contributed by atoms with Gasteiger partial charge < -0.3 is 19.9 Å². The minimum atomic E-state index is -1.01. The van der Waals surface area contributed by atoms with Crippen LogP contribution in [-0.4, -0.2) is 31.5 Å². The molecule has 1 amide bonds. The fourth-order valence-electron chi connectivity index (χ4n) is 1.63. The van der Waals surface area contributed by atoms with Crippen LogP contribution >= 0.6 is 0 Å². The van der Waals surface area contributed by atoms with Gasteiger partial charge in [0.25, 0.3) is 0 Å². The molecule has 130 valence electrons. The lowest BCUT2D eigenvalue weighted by Crippen LogP contribution is -2.16. The number of carbonyl (C=O) groups excluding carboxylic acids is 2. The Kier molecular flexibility index (Phi) is 5.82. The van der Waals surface area contributed by atoms with Gasteiger partial charge in [0.2, 0.25) is 0 Å². The lowest BCUT2D eigenvalue weighted by molar-refractivity contribution is 0.121. The largest absolute Gasteiger partial charge is 0.513 e. The minimum Gasteiger partial charge on any atom is -0.453 e. The van der Waals surface area contributed by atoms with Crippen LogP contribution in [0.3, 0.4) is 0 Å². The maximum absolute atomic E-state index is 11.4. The van der Waals surface area contributed by atoms with Crippen molar-refractivity contribution >= 4 is 35.3 Å². The summed E-state index contributed by atoms with van der Waals surface area (Å²) in [6.45, 7) is 0. The van der Waals surface area contributed by atoms with Crippen LogP contribution in [0.4, 0.5) is 32.6 Å². The molecule has 1 aromatic heterocycles. The van der Waals surface area contributed by atoms with Gasteiger partial charge in [-0.3, -0.25) is 5.32 Å². The molecule has 0 aliphatic heterocycles. The smallest absolute Gasteiger partial charge is 0.453 e. The van der Waals surface area contributed by atoms with E-state index in [1.165, 1.54) is 13.2 Å². The van der Waals surface area contributed by atoms with E-state index >= 15 is 0 Å². The van der Waals surface area contributed by atoms with Crippen molar-refractivity contribution in [1.82, 2.24) is 4.98 Å². The first-order valence-corrected chi connectivity index (χ1v) is 6.91. The quantitative estimate of drug-likeness (QED) is 0.639. The van der Waals surface area contributed by atoms with Crippen LogP contribution < -0.4 is 15.8 Å². The number of benzene rings is 1. The molecular formula is C15H15N5O5. The molecule has 0 atom stereocenters. The van der Waals surface area contributed by atoms with Gasteiger partial charge in [0.15, 0.2) is 17.4 Å². The van der Waals surface area contributed by atoms with Crippen LogP contribution in [0.1, 0.15) is 0 Å². The fourth-order valence-corrected chi connectivity index (χ4v) is 1.63. The van der Waals surface area contributed by atoms with E-state index in [0.717, 1.165) is 7.11 Å². The summed E-state index contributed by atoms with van der Waals surface area (Å²) < 4.78 is 13.8. The summed E-state index contributed by atoms with van der Waals surface area (Å²) in [5.74, 6) is -0.301. The van der Waals surface area contributed by atoms with Gasteiger partial charge in [0.05, 0.1) is 19.9 Å². The fraction of sp³-hybridized carbons (Fsp3) is 0.133. The van der Waals surface area contributed by atoms with E-state index in [9.17, 15) is 9.59 Å². The molecule has 2 rings (SSSR count). The molecule has 1 heterocycles. The third-order valence-corrected chi connectivity index (χ3v) is 2.79. The molecule has 10 nitrogen and oxygen atoms in total. The Balaban J connectivity index is 2.37. The number of pyridine rings is 1. The van der Waals surface area contributed by atoms with Crippen molar-refractivity contribution < 1.29 is 23.8 Å². The number of rotatable bonds is 4. The van der Waals surface area contributed by atoms with Crippen molar-refractivity contribution in [3.8, 4) is 5.75 Å². The van der Waals surface area contributed by atoms with Gasteiger partial charge in [-0.2, -0.15) is 5.11 Å². The molecule has 0 saturated heterocycles. The Bertz CT molecular complexity index is 794. The van der Waals surface area contributed by atoms with Gasteiger partial charge >= 0.3 is 12.2 Å². The van der Waals surface area contributed by atoms with Crippen LogP contribution in [0.25, 0.3) is 0 Å². The summed E-state index contributed by atoms with van der Waals surface area (Å²) in [4.78, 5) is 26.7. The Labute approximate surface area is 142 Å². The van der Waals surface area contributed by atoms with Crippen LogP contribution in [0.15, 0.2) is 46.6 Å². The molecule has 2 aromatic rings. The zero-order valence-corrected chi connectivity index (χ0v) is 13.4. The average Bonchev–Trinajstić information content (AvgIpc) is 2.63. The number of anilines is 2. The van der Waals surface area contributed by atoms with Crippen molar-refractivity contribution in [2.24, 2.45) is 10.2 Å². The van der Waals surface area contributed by atoms with E-state index in [-0.39, 0.29) is 23.1 Å².